The molecule has 1 aliphatic rings. The lowest BCUT2D eigenvalue weighted by Gasteiger charge is -2.42. The number of allylic oxidation sites excluding steroid dienone is 1. The molecule has 2 atom stereocenters. The van der Waals surface area contributed by atoms with Crippen molar-refractivity contribution in [3.05, 3.63) is 63.3 Å². The summed E-state index contributed by atoms with van der Waals surface area (Å²) < 4.78 is 16.9. The molecule has 0 aromatic heterocycles. The summed E-state index contributed by atoms with van der Waals surface area (Å²) in [6, 6.07) is 3.68. The highest BCUT2D eigenvalue weighted by Crippen LogP contribution is 2.46. The Morgan fingerprint density at radius 1 is 1.00 bits per heavy atom. The van der Waals surface area contributed by atoms with Gasteiger partial charge in [0.2, 0.25) is 0 Å². The molecule has 5 heteroatoms. The number of methoxy groups -OCH3 is 2. The van der Waals surface area contributed by atoms with Gasteiger partial charge in [-0.2, -0.15) is 0 Å². The third kappa shape index (κ3) is 5.30. The normalized spacial score (nSPS) is 21.6. The summed E-state index contributed by atoms with van der Waals surface area (Å²) in [4.78, 5) is 26.0. The van der Waals surface area contributed by atoms with Crippen molar-refractivity contribution >= 4 is 11.8 Å². The SMILES string of the molecule is COc1c(C)cc(C(=O)C=CC2(C)C(C)=C(C)C(C(=O)OC(C)(C)C)=C(C)C2OC)cc1C. The van der Waals surface area contributed by atoms with Crippen LogP contribution >= 0.6 is 0 Å². The average molecular weight is 455 g/mol. The molecule has 0 saturated carbocycles. The van der Waals surface area contributed by atoms with Crippen LogP contribution in [0.2, 0.25) is 0 Å². The molecule has 180 valence electrons. The van der Waals surface area contributed by atoms with E-state index in [1.165, 1.54) is 0 Å². The maximum Gasteiger partial charge on any atom is 0.338 e. The molecule has 0 aliphatic heterocycles. The van der Waals surface area contributed by atoms with Gasteiger partial charge in [-0.15, -0.1) is 0 Å². The van der Waals surface area contributed by atoms with Crippen LogP contribution in [0.15, 0.2) is 46.6 Å². The lowest BCUT2D eigenvalue weighted by atomic mass is 9.67. The van der Waals surface area contributed by atoms with Crippen molar-refractivity contribution in [2.45, 2.75) is 74.0 Å². The Kier molecular flexibility index (Phi) is 7.80. The van der Waals surface area contributed by atoms with E-state index >= 15 is 0 Å². The maximum atomic E-state index is 13.1. The van der Waals surface area contributed by atoms with Crippen LogP contribution in [-0.2, 0) is 14.3 Å². The zero-order valence-corrected chi connectivity index (χ0v) is 21.9. The molecule has 0 bridgehead atoms. The number of carbonyl (C=O) groups excluding carboxylic acids is 2. The molecule has 0 saturated heterocycles. The van der Waals surface area contributed by atoms with Crippen molar-refractivity contribution in [3.63, 3.8) is 0 Å². The third-order valence-electron chi connectivity index (χ3n) is 6.45. The van der Waals surface area contributed by atoms with Crippen LogP contribution in [0.25, 0.3) is 0 Å². The molecule has 1 aromatic carbocycles. The molecular weight excluding hydrogens is 416 g/mol. The lowest BCUT2D eigenvalue weighted by Crippen LogP contribution is -2.40. The fraction of sp³-hybridized carbons (Fsp3) is 0.500. The van der Waals surface area contributed by atoms with Crippen molar-refractivity contribution < 1.29 is 23.8 Å². The highest BCUT2D eigenvalue weighted by atomic mass is 16.6. The minimum Gasteiger partial charge on any atom is -0.496 e. The molecule has 2 rings (SSSR count). The van der Waals surface area contributed by atoms with E-state index in [9.17, 15) is 9.59 Å². The fourth-order valence-electron chi connectivity index (χ4n) is 4.70. The van der Waals surface area contributed by atoms with E-state index in [0.717, 1.165) is 33.6 Å². The van der Waals surface area contributed by atoms with E-state index in [1.807, 2.05) is 80.5 Å². The predicted octanol–water partition coefficient (Wildman–Crippen LogP) is 6.08. The molecule has 5 nitrogen and oxygen atoms in total. The van der Waals surface area contributed by atoms with Crippen LogP contribution in [0.1, 0.15) is 70.0 Å². The number of benzene rings is 1. The molecule has 0 heterocycles. The van der Waals surface area contributed by atoms with Crippen LogP contribution in [0.5, 0.6) is 5.75 Å². The van der Waals surface area contributed by atoms with E-state index in [1.54, 1.807) is 20.3 Å². The van der Waals surface area contributed by atoms with Gasteiger partial charge >= 0.3 is 5.97 Å². The van der Waals surface area contributed by atoms with Gasteiger partial charge in [0.25, 0.3) is 0 Å². The quantitative estimate of drug-likeness (QED) is 0.296. The van der Waals surface area contributed by atoms with Crippen molar-refractivity contribution in [1.82, 2.24) is 0 Å². The monoisotopic (exact) mass is 454 g/mol. The standard InChI is InChI=1S/C28H38O5/c1-16-14-21(15-17(2)24(16)31-10)22(29)12-13-28(9)20(5)18(3)23(19(4)25(28)32-11)26(30)33-27(6,7)8/h12-15,25H,1-11H3. The van der Waals surface area contributed by atoms with Crippen LogP contribution in [0.4, 0.5) is 0 Å². The van der Waals surface area contributed by atoms with Gasteiger partial charge in [0, 0.05) is 18.1 Å². The topological polar surface area (TPSA) is 61.8 Å². The number of hydrogen-bond acceptors (Lipinski definition) is 5. The third-order valence-corrected chi connectivity index (χ3v) is 6.45. The highest BCUT2D eigenvalue weighted by Gasteiger charge is 2.43. The maximum absolute atomic E-state index is 13.1. The van der Waals surface area contributed by atoms with E-state index in [-0.39, 0.29) is 11.8 Å². The minimum absolute atomic E-state index is 0.0926. The first kappa shape index (κ1) is 26.6. The summed E-state index contributed by atoms with van der Waals surface area (Å²) in [6.45, 7) is 17.2. The Morgan fingerprint density at radius 2 is 1.55 bits per heavy atom. The number of hydrogen-bond donors (Lipinski definition) is 0. The zero-order valence-electron chi connectivity index (χ0n) is 21.9. The van der Waals surface area contributed by atoms with Gasteiger partial charge in [0.05, 0.1) is 18.8 Å². The Bertz CT molecular complexity index is 1030. The molecule has 0 radical (unpaired) electrons. The minimum atomic E-state index is -0.597. The predicted molar refractivity (Wildman–Crippen MR) is 132 cm³/mol. The molecule has 0 fully saturated rings. The number of ketones is 1. The van der Waals surface area contributed by atoms with Gasteiger partial charge in [-0.25, -0.2) is 4.79 Å². The second-order valence-corrected chi connectivity index (χ2v) is 10.0. The molecule has 33 heavy (non-hydrogen) atoms. The van der Waals surface area contributed by atoms with Gasteiger partial charge in [0.1, 0.15) is 11.4 Å². The van der Waals surface area contributed by atoms with Crippen LogP contribution in [0, 0.1) is 19.3 Å². The van der Waals surface area contributed by atoms with Crippen LogP contribution < -0.4 is 4.74 Å². The zero-order chi connectivity index (χ0) is 25.3. The van der Waals surface area contributed by atoms with Crippen molar-refractivity contribution in [2.75, 3.05) is 14.2 Å². The summed E-state index contributed by atoms with van der Waals surface area (Å²) in [6.07, 6.45) is 3.09. The molecule has 0 amide bonds. The second kappa shape index (κ2) is 9.68. The first-order valence-corrected chi connectivity index (χ1v) is 11.2. The molecule has 0 N–H and O–H groups in total. The Morgan fingerprint density at radius 3 is 2.00 bits per heavy atom. The number of esters is 1. The lowest BCUT2D eigenvalue weighted by molar-refractivity contribution is -0.149. The fourth-order valence-corrected chi connectivity index (χ4v) is 4.70. The van der Waals surface area contributed by atoms with Crippen molar-refractivity contribution in [2.24, 2.45) is 5.41 Å². The molecule has 1 aliphatic carbocycles. The van der Waals surface area contributed by atoms with Gasteiger partial charge in [-0.3, -0.25) is 4.79 Å². The number of aryl methyl sites for hydroxylation is 2. The van der Waals surface area contributed by atoms with E-state index in [2.05, 4.69) is 0 Å². The first-order chi connectivity index (χ1) is 15.2. The van der Waals surface area contributed by atoms with Gasteiger partial charge in [0.15, 0.2) is 5.78 Å². The number of rotatable bonds is 6. The Balaban J connectivity index is 2.48. The largest absolute Gasteiger partial charge is 0.496 e. The van der Waals surface area contributed by atoms with Gasteiger partial charge < -0.3 is 14.2 Å². The molecular formula is C28H38O5. The highest BCUT2D eigenvalue weighted by molar-refractivity contribution is 6.05. The van der Waals surface area contributed by atoms with E-state index < -0.39 is 17.1 Å². The number of carbonyl (C=O) groups is 2. The van der Waals surface area contributed by atoms with Crippen molar-refractivity contribution in [3.8, 4) is 5.75 Å². The molecule has 0 spiro atoms. The summed E-state index contributed by atoms with van der Waals surface area (Å²) in [5.74, 6) is 0.342. The summed E-state index contributed by atoms with van der Waals surface area (Å²) >= 11 is 0. The van der Waals surface area contributed by atoms with Gasteiger partial charge in [-0.05, 0) is 103 Å². The second-order valence-electron chi connectivity index (χ2n) is 10.0. The van der Waals surface area contributed by atoms with Crippen LogP contribution in [0.3, 0.4) is 0 Å². The van der Waals surface area contributed by atoms with Crippen molar-refractivity contribution in [1.29, 1.82) is 0 Å². The number of ether oxygens (including phenoxy) is 3. The van der Waals surface area contributed by atoms with E-state index in [0.29, 0.717) is 11.1 Å². The molecule has 2 unspecified atom stereocenters. The first-order valence-electron chi connectivity index (χ1n) is 11.2. The summed E-state index contributed by atoms with van der Waals surface area (Å²) in [5.41, 5.74) is 4.41. The van der Waals surface area contributed by atoms with E-state index in [4.69, 9.17) is 14.2 Å². The Labute approximate surface area is 198 Å². The Hall–Kier alpha value is -2.66. The summed E-state index contributed by atoms with van der Waals surface area (Å²) in [7, 11) is 3.25. The summed E-state index contributed by atoms with van der Waals surface area (Å²) in [5, 5.41) is 0. The van der Waals surface area contributed by atoms with Crippen LogP contribution in [-0.4, -0.2) is 37.7 Å². The average Bonchev–Trinajstić information content (AvgIpc) is 2.69. The molecule has 1 aromatic rings. The van der Waals surface area contributed by atoms with Gasteiger partial charge in [-0.1, -0.05) is 11.6 Å². The smallest absolute Gasteiger partial charge is 0.338 e.